The van der Waals surface area contributed by atoms with Crippen LogP contribution in [0.5, 0.6) is 0 Å². The second-order valence-corrected chi connectivity index (χ2v) is 3.34. The van der Waals surface area contributed by atoms with Crippen LogP contribution >= 0.6 is 0 Å². The molecule has 2 heteroatoms. The molecule has 1 atom stereocenters. The summed E-state index contributed by atoms with van der Waals surface area (Å²) in [7, 11) is 0. The minimum Gasteiger partial charge on any atom is -0.383 e. The third kappa shape index (κ3) is 3.45. The Hall–Kier alpha value is -1.05. The zero-order chi connectivity index (χ0) is 9.68. The average molecular weight is 181 g/mol. The first-order chi connectivity index (χ1) is 6.22. The van der Waals surface area contributed by atoms with E-state index in [9.17, 15) is 4.39 Å². The summed E-state index contributed by atoms with van der Waals surface area (Å²) in [5.74, 6) is -0.186. The fourth-order valence-electron chi connectivity index (χ4n) is 1.34. The van der Waals surface area contributed by atoms with Crippen molar-refractivity contribution < 1.29 is 4.39 Å². The number of halogens is 1. The predicted octanol–water partition coefficient (Wildman–Crippen LogP) is 3.43. The molecule has 0 spiro atoms. The van der Waals surface area contributed by atoms with Crippen molar-refractivity contribution in [2.24, 2.45) is 0 Å². The lowest BCUT2D eigenvalue weighted by Crippen LogP contribution is -2.14. The smallest absolute Gasteiger partial charge is 0.123 e. The molecule has 0 radical (unpaired) electrons. The molecule has 0 bridgehead atoms. The molecule has 0 saturated heterocycles. The Kier molecular flexibility index (Phi) is 3.74. The first kappa shape index (κ1) is 10.0. The van der Waals surface area contributed by atoms with E-state index in [4.69, 9.17) is 0 Å². The number of anilines is 1. The highest BCUT2D eigenvalue weighted by molar-refractivity contribution is 5.43. The molecule has 0 aliphatic heterocycles. The zero-order valence-electron chi connectivity index (χ0n) is 8.18. The highest BCUT2D eigenvalue weighted by Crippen LogP contribution is 2.11. The van der Waals surface area contributed by atoms with E-state index in [1.165, 1.54) is 12.1 Å². The minimum atomic E-state index is -0.186. The van der Waals surface area contributed by atoms with Gasteiger partial charge in [0.1, 0.15) is 5.82 Å². The maximum atomic E-state index is 12.5. The van der Waals surface area contributed by atoms with E-state index in [1.54, 1.807) is 12.1 Å². The highest BCUT2D eigenvalue weighted by Gasteiger charge is 1.99. The quantitative estimate of drug-likeness (QED) is 0.750. The second kappa shape index (κ2) is 4.85. The van der Waals surface area contributed by atoms with Gasteiger partial charge in [0.25, 0.3) is 0 Å². The van der Waals surface area contributed by atoms with Gasteiger partial charge in [0.2, 0.25) is 0 Å². The molecule has 13 heavy (non-hydrogen) atoms. The lowest BCUT2D eigenvalue weighted by Gasteiger charge is -2.13. The summed E-state index contributed by atoms with van der Waals surface area (Å²) < 4.78 is 12.5. The van der Waals surface area contributed by atoms with Gasteiger partial charge in [-0.15, -0.1) is 0 Å². The molecule has 0 aliphatic carbocycles. The first-order valence-corrected chi connectivity index (χ1v) is 4.74. The van der Waals surface area contributed by atoms with Crippen LogP contribution in [0.2, 0.25) is 0 Å². The Morgan fingerprint density at radius 1 is 1.31 bits per heavy atom. The Bertz CT molecular complexity index is 243. The van der Waals surface area contributed by atoms with Crippen molar-refractivity contribution in [3.05, 3.63) is 30.1 Å². The van der Waals surface area contributed by atoms with Crippen LogP contribution in [0.25, 0.3) is 0 Å². The van der Waals surface area contributed by atoms with Crippen molar-refractivity contribution in [1.82, 2.24) is 0 Å². The molecule has 0 saturated carbocycles. The molecule has 0 fully saturated rings. The molecular formula is C11H16FN. The van der Waals surface area contributed by atoms with Crippen LogP contribution in [0.1, 0.15) is 26.7 Å². The number of benzene rings is 1. The molecule has 72 valence electrons. The van der Waals surface area contributed by atoms with Crippen LogP contribution < -0.4 is 5.32 Å². The summed E-state index contributed by atoms with van der Waals surface area (Å²) in [6, 6.07) is 6.93. The van der Waals surface area contributed by atoms with E-state index < -0.39 is 0 Å². The lowest BCUT2D eigenvalue weighted by molar-refractivity contribution is 0.627. The summed E-state index contributed by atoms with van der Waals surface area (Å²) in [5, 5.41) is 3.30. The molecule has 1 nitrogen and oxygen atoms in total. The maximum Gasteiger partial charge on any atom is 0.123 e. The van der Waals surface area contributed by atoms with E-state index in [0.717, 1.165) is 18.5 Å². The average Bonchev–Trinajstić information content (AvgIpc) is 2.09. The predicted molar refractivity (Wildman–Crippen MR) is 54.4 cm³/mol. The van der Waals surface area contributed by atoms with Gasteiger partial charge in [-0.2, -0.15) is 0 Å². The van der Waals surface area contributed by atoms with Crippen LogP contribution in [0.15, 0.2) is 24.3 Å². The van der Waals surface area contributed by atoms with Crippen LogP contribution in [0, 0.1) is 5.82 Å². The third-order valence-electron chi connectivity index (χ3n) is 1.98. The third-order valence-corrected chi connectivity index (χ3v) is 1.98. The molecule has 1 aromatic carbocycles. The maximum absolute atomic E-state index is 12.5. The molecule has 1 aromatic rings. The molecule has 0 heterocycles. The number of hydrogen-bond donors (Lipinski definition) is 1. The number of rotatable bonds is 4. The van der Waals surface area contributed by atoms with Gasteiger partial charge >= 0.3 is 0 Å². The van der Waals surface area contributed by atoms with E-state index in [0.29, 0.717) is 6.04 Å². The summed E-state index contributed by atoms with van der Waals surface area (Å²) in [6.45, 7) is 4.29. The second-order valence-electron chi connectivity index (χ2n) is 3.34. The van der Waals surface area contributed by atoms with Gasteiger partial charge in [0.15, 0.2) is 0 Å². The number of hydrogen-bond acceptors (Lipinski definition) is 1. The van der Waals surface area contributed by atoms with E-state index in [2.05, 4.69) is 19.2 Å². The molecular weight excluding hydrogens is 165 g/mol. The van der Waals surface area contributed by atoms with E-state index >= 15 is 0 Å². The normalized spacial score (nSPS) is 12.5. The van der Waals surface area contributed by atoms with Gasteiger partial charge in [-0.05, 0) is 37.6 Å². The van der Waals surface area contributed by atoms with E-state index in [-0.39, 0.29) is 5.82 Å². The van der Waals surface area contributed by atoms with Crippen molar-refractivity contribution in [3.8, 4) is 0 Å². The Balaban J connectivity index is 2.49. The largest absolute Gasteiger partial charge is 0.383 e. The highest BCUT2D eigenvalue weighted by atomic mass is 19.1. The summed E-state index contributed by atoms with van der Waals surface area (Å²) in [4.78, 5) is 0. The number of nitrogens with one attached hydrogen (secondary N) is 1. The SMILES string of the molecule is CCCC(C)Nc1ccc(F)cc1. The van der Waals surface area contributed by atoms with Crippen LogP contribution in [-0.2, 0) is 0 Å². The fraction of sp³-hybridized carbons (Fsp3) is 0.455. The molecule has 0 amide bonds. The summed E-state index contributed by atoms with van der Waals surface area (Å²) in [5.41, 5.74) is 0.988. The molecule has 1 N–H and O–H groups in total. The molecule has 0 aromatic heterocycles. The molecule has 1 unspecified atom stereocenters. The van der Waals surface area contributed by atoms with Crippen molar-refractivity contribution in [3.63, 3.8) is 0 Å². The van der Waals surface area contributed by atoms with Crippen molar-refractivity contribution in [1.29, 1.82) is 0 Å². The van der Waals surface area contributed by atoms with Gasteiger partial charge in [0.05, 0.1) is 0 Å². The van der Waals surface area contributed by atoms with Gasteiger partial charge in [-0.3, -0.25) is 0 Å². The summed E-state index contributed by atoms with van der Waals surface area (Å²) in [6.07, 6.45) is 2.30. The topological polar surface area (TPSA) is 12.0 Å². The van der Waals surface area contributed by atoms with Gasteiger partial charge in [-0.25, -0.2) is 4.39 Å². The zero-order valence-corrected chi connectivity index (χ0v) is 8.18. The van der Waals surface area contributed by atoms with Crippen LogP contribution in [0.3, 0.4) is 0 Å². The van der Waals surface area contributed by atoms with Gasteiger partial charge < -0.3 is 5.32 Å². The molecule has 0 aliphatic rings. The van der Waals surface area contributed by atoms with Crippen molar-refractivity contribution >= 4 is 5.69 Å². The van der Waals surface area contributed by atoms with Crippen molar-refractivity contribution in [2.75, 3.05) is 5.32 Å². The van der Waals surface area contributed by atoms with Gasteiger partial charge in [-0.1, -0.05) is 13.3 Å². The fourth-order valence-corrected chi connectivity index (χ4v) is 1.34. The lowest BCUT2D eigenvalue weighted by atomic mass is 10.2. The van der Waals surface area contributed by atoms with Crippen LogP contribution in [-0.4, -0.2) is 6.04 Å². The Morgan fingerprint density at radius 3 is 2.46 bits per heavy atom. The van der Waals surface area contributed by atoms with E-state index in [1.807, 2.05) is 0 Å². The minimum absolute atomic E-state index is 0.186. The Labute approximate surface area is 79.0 Å². The summed E-state index contributed by atoms with van der Waals surface area (Å²) >= 11 is 0. The van der Waals surface area contributed by atoms with Crippen molar-refractivity contribution in [2.45, 2.75) is 32.7 Å². The Morgan fingerprint density at radius 2 is 1.92 bits per heavy atom. The monoisotopic (exact) mass is 181 g/mol. The molecule has 1 rings (SSSR count). The van der Waals surface area contributed by atoms with Gasteiger partial charge in [0, 0.05) is 11.7 Å². The first-order valence-electron chi connectivity index (χ1n) is 4.74. The standard InChI is InChI=1S/C11H16FN/c1-3-4-9(2)13-11-7-5-10(12)6-8-11/h5-9,13H,3-4H2,1-2H3. The van der Waals surface area contributed by atoms with Crippen LogP contribution in [0.4, 0.5) is 10.1 Å².